The van der Waals surface area contributed by atoms with Gasteiger partial charge in [0.2, 0.25) is 0 Å². The molecule has 0 bridgehead atoms. The zero-order valence-electron chi connectivity index (χ0n) is 14.7. The van der Waals surface area contributed by atoms with E-state index in [0.717, 1.165) is 5.82 Å². The van der Waals surface area contributed by atoms with Crippen molar-refractivity contribution in [3.63, 3.8) is 0 Å². The molecule has 2 aromatic rings. The Labute approximate surface area is 152 Å². The Morgan fingerprint density at radius 1 is 1.08 bits per heavy atom. The Morgan fingerprint density at radius 2 is 1.81 bits per heavy atom. The van der Waals surface area contributed by atoms with Crippen molar-refractivity contribution in [2.45, 2.75) is 6.92 Å². The van der Waals surface area contributed by atoms with Gasteiger partial charge >= 0.3 is 12.0 Å². The number of hydrogen-bond acceptors (Lipinski definition) is 5. The van der Waals surface area contributed by atoms with Crippen LogP contribution in [0.15, 0.2) is 48.7 Å². The van der Waals surface area contributed by atoms with Gasteiger partial charge in [0.1, 0.15) is 5.82 Å². The average molecular weight is 354 g/mol. The molecule has 1 aliphatic rings. The van der Waals surface area contributed by atoms with Crippen LogP contribution >= 0.6 is 0 Å². The average Bonchev–Trinajstić information content (AvgIpc) is 2.69. The van der Waals surface area contributed by atoms with Gasteiger partial charge in [-0.25, -0.2) is 14.6 Å². The van der Waals surface area contributed by atoms with Crippen LogP contribution in [0.25, 0.3) is 0 Å². The van der Waals surface area contributed by atoms with Crippen molar-refractivity contribution >= 4 is 23.5 Å². The van der Waals surface area contributed by atoms with E-state index in [0.29, 0.717) is 37.4 Å². The van der Waals surface area contributed by atoms with Gasteiger partial charge in [-0.15, -0.1) is 0 Å². The second-order valence-electron chi connectivity index (χ2n) is 5.86. The maximum absolute atomic E-state index is 12.6. The zero-order chi connectivity index (χ0) is 18.4. The number of para-hydroxylation sites is 1. The fourth-order valence-corrected chi connectivity index (χ4v) is 2.85. The largest absolute Gasteiger partial charge is 0.462 e. The van der Waals surface area contributed by atoms with Crippen LogP contribution in [0.5, 0.6) is 0 Å². The number of urea groups is 1. The summed E-state index contributed by atoms with van der Waals surface area (Å²) >= 11 is 0. The van der Waals surface area contributed by atoms with E-state index in [2.05, 4.69) is 15.2 Å². The number of amides is 2. The summed E-state index contributed by atoms with van der Waals surface area (Å²) in [4.78, 5) is 32.8. The third-order valence-electron chi connectivity index (χ3n) is 4.20. The monoisotopic (exact) mass is 354 g/mol. The molecular formula is C19H22N4O3. The van der Waals surface area contributed by atoms with E-state index in [-0.39, 0.29) is 12.6 Å². The van der Waals surface area contributed by atoms with E-state index < -0.39 is 5.97 Å². The van der Waals surface area contributed by atoms with Crippen molar-refractivity contribution < 1.29 is 14.3 Å². The van der Waals surface area contributed by atoms with Crippen LogP contribution in [-0.2, 0) is 4.74 Å². The lowest BCUT2D eigenvalue weighted by atomic mass is 10.2. The number of carbonyl (C=O) groups is 2. The number of nitrogens with zero attached hydrogens (tertiary/aromatic N) is 3. The van der Waals surface area contributed by atoms with E-state index in [4.69, 9.17) is 4.74 Å². The molecule has 1 fully saturated rings. The predicted octanol–water partition coefficient (Wildman–Crippen LogP) is 2.61. The van der Waals surface area contributed by atoms with Gasteiger partial charge in [-0.1, -0.05) is 18.2 Å². The van der Waals surface area contributed by atoms with E-state index in [1.54, 1.807) is 42.3 Å². The van der Waals surface area contributed by atoms with Crippen molar-refractivity contribution in [2.24, 2.45) is 0 Å². The lowest BCUT2D eigenvalue weighted by Gasteiger charge is -2.35. The molecule has 0 unspecified atom stereocenters. The standard InChI is InChI=1S/C19H22N4O3/c1-2-26-18(24)15-7-3-4-8-16(15)21-19(25)23-13-11-22(12-14-23)17-9-5-6-10-20-17/h3-10H,2,11-14H2,1H3,(H,21,25). The van der Waals surface area contributed by atoms with Crippen molar-refractivity contribution in [2.75, 3.05) is 43.0 Å². The fourth-order valence-electron chi connectivity index (χ4n) is 2.85. The Bertz CT molecular complexity index is 758. The molecule has 1 aromatic carbocycles. The summed E-state index contributed by atoms with van der Waals surface area (Å²) < 4.78 is 5.04. The molecule has 136 valence electrons. The van der Waals surface area contributed by atoms with Gasteiger partial charge in [-0.2, -0.15) is 0 Å². The van der Waals surface area contributed by atoms with E-state index >= 15 is 0 Å². The summed E-state index contributed by atoms with van der Waals surface area (Å²) in [5.41, 5.74) is 0.818. The Balaban J connectivity index is 1.61. The van der Waals surface area contributed by atoms with Crippen LogP contribution in [-0.4, -0.2) is 54.7 Å². The molecule has 0 radical (unpaired) electrons. The second kappa shape index (κ2) is 8.33. The first kappa shape index (κ1) is 17.7. The summed E-state index contributed by atoms with van der Waals surface area (Å²) in [5.74, 6) is 0.476. The number of nitrogens with one attached hydrogen (secondary N) is 1. The summed E-state index contributed by atoms with van der Waals surface area (Å²) in [6.45, 7) is 4.64. The molecule has 3 rings (SSSR count). The molecule has 26 heavy (non-hydrogen) atoms. The quantitative estimate of drug-likeness (QED) is 0.855. The molecule has 1 aromatic heterocycles. The van der Waals surface area contributed by atoms with Crippen LogP contribution in [0.1, 0.15) is 17.3 Å². The molecular weight excluding hydrogens is 332 g/mol. The number of aromatic nitrogens is 1. The zero-order valence-corrected chi connectivity index (χ0v) is 14.7. The fraction of sp³-hybridized carbons (Fsp3) is 0.316. The van der Waals surface area contributed by atoms with Crippen LogP contribution < -0.4 is 10.2 Å². The normalized spacial score (nSPS) is 14.0. The van der Waals surface area contributed by atoms with Crippen molar-refractivity contribution in [1.82, 2.24) is 9.88 Å². The minimum atomic E-state index is -0.441. The third kappa shape index (κ3) is 4.11. The molecule has 1 aliphatic heterocycles. The first-order chi connectivity index (χ1) is 12.7. The maximum atomic E-state index is 12.6. The highest BCUT2D eigenvalue weighted by Gasteiger charge is 2.23. The topological polar surface area (TPSA) is 74.8 Å². The number of hydrogen-bond donors (Lipinski definition) is 1. The molecule has 1 saturated heterocycles. The molecule has 0 aliphatic carbocycles. The Kier molecular flexibility index (Phi) is 5.68. The van der Waals surface area contributed by atoms with Gasteiger partial charge in [0.15, 0.2) is 0 Å². The lowest BCUT2D eigenvalue weighted by molar-refractivity contribution is 0.0527. The highest BCUT2D eigenvalue weighted by atomic mass is 16.5. The number of carbonyl (C=O) groups excluding carboxylic acids is 2. The Hall–Kier alpha value is -3.09. The highest BCUT2D eigenvalue weighted by molar-refractivity contribution is 6.00. The minimum absolute atomic E-state index is 0.220. The van der Waals surface area contributed by atoms with Crippen molar-refractivity contribution in [1.29, 1.82) is 0 Å². The summed E-state index contributed by atoms with van der Waals surface area (Å²) in [6.07, 6.45) is 1.76. The summed E-state index contributed by atoms with van der Waals surface area (Å²) in [6, 6.07) is 12.4. The maximum Gasteiger partial charge on any atom is 0.340 e. The third-order valence-corrected chi connectivity index (χ3v) is 4.20. The van der Waals surface area contributed by atoms with E-state index in [1.165, 1.54) is 0 Å². The van der Waals surface area contributed by atoms with Crippen LogP contribution in [0, 0.1) is 0 Å². The molecule has 7 nitrogen and oxygen atoms in total. The number of pyridine rings is 1. The van der Waals surface area contributed by atoms with E-state index in [1.807, 2.05) is 18.2 Å². The number of benzene rings is 1. The predicted molar refractivity (Wildman–Crippen MR) is 99.4 cm³/mol. The SMILES string of the molecule is CCOC(=O)c1ccccc1NC(=O)N1CCN(c2ccccn2)CC1. The number of anilines is 2. The van der Waals surface area contributed by atoms with Gasteiger partial charge in [0, 0.05) is 32.4 Å². The molecule has 7 heteroatoms. The molecule has 0 spiro atoms. The van der Waals surface area contributed by atoms with Crippen molar-refractivity contribution in [3.8, 4) is 0 Å². The Morgan fingerprint density at radius 3 is 2.50 bits per heavy atom. The molecule has 2 amide bonds. The smallest absolute Gasteiger partial charge is 0.340 e. The van der Waals surface area contributed by atoms with Gasteiger partial charge in [0.05, 0.1) is 17.9 Å². The first-order valence-corrected chi connectivity index (χ1v) is 8.67. The minimum Gasteiger partial charge on any atom is -0.462 e. The first-order valence-electron chi connectivity index (χ1n) is 8.67. The number of ether oxygens (including phenoxy) is 1. The summed E-state index contributed by atoms with van der Waals surface area (Å²) in [5, 5.41) is 2.83. The van der Waals surface area contributed by atoms with Gasteiger partial charge in [0.25, 0.3) is 0 Å². The molecule has 2 heterocycles. The van der Waals surface area contributed by atoms with Crippen LogP contribution in [0.3, 0.4) is 0 Å². The molecule has 1 N–H and O–H groups in total. The molecule has 0 atom stereocenters. The lowest BCUT2D eigenvalue weighted by Crippen LogP contribution is -2.50. The summed E-state index contributed by atoms with van der Waals surface area (Å²) in [7, 11) is 0. The molecule has 0 saturated carbocycles. The van der Waals surface area contributed by atoms with Gasteiger partial charge in [-0.3, -0.25) is 0 Å². The second-order valence-corrected chi connectivity index (χ2v) is 5.86. The van der Waals surface area contributed by atoms with Gasteiger partial charge in [-0.05, 0) is 31.2 Å². The van der Waals surface area contributed by atoms with Crippen molar-refractivity contribution in [3.05, 3.63) is 54.2 Å². The van der Waals surface area contributed by atoms with E-state index in [9.17, 15) is 9.59 Å². The number of piperazine rings is 1. The number of rotatable bonds is 4. The van der Waals surface area contributed by atoms with Crippen LogP contribution in [0.2, 0.25) is 0 Å². The van der Waals surface area contributed by atoms with Gasteiger partial charge < -0.3 is 19.9 Å². The van der Waals surface area contributed by atoms with Crippen LogP contribution in [0.4, 0.5) is 16.3 Å². The highest BCUT2D eigenvalue weighted by Crippen LogP contribution is 2.18. The number of esters is 1.